The van der Waals surface area contributed by atoms with Crippen molar-refractivity contribution in [2.75, 3.05) is 11.9 Å². The van der Waals surface area contributed by atoms with Crippen molar-refractivity contribution in [3.63, 3.8) is 0 Å². The molecule has 1 heterocycles. The second-order valence-corrected chi connectivity index (χ2v) is 5.77. The van der Waals surface area contributed by atoms with E-state index in [1.54, 1.807) is 0 Å². The minimum absolute atomic E-state index is 0.00523. The number of hydrogen-bond donors (Lipinski definition) is 2. The minimum Gasteiger partial charge on any atom is -0.306 e. The van der Waals surface area contributed by atoms with Gasteiger partial charge in [-0.25, -0.2) is 4.98 Å². The quantitative estimate of drug-likeness (QED) is 0.865. The number of anilines is 1. The summed E-state index contributed by atoms with van der Waals surface area (Å²) < 4.78 is 0. The molecular formula is C12H19N3OS. The number of carbonyl (C=O) groups is 1. The lowest BCUT2D eigenvalue weighted by molar-refractivity contribution is -0.115. The standard InChI is InChI=1S/C12H19N3OS/c1-8-9(2)17-12(14-8)15-11(16)7-13-10-5-3-4-6-10/h10,13H,3-7H2,1-2H3,(H,14,15,16). The van der Waals surface area contributed by atoms with Gasteiger partial charge in [-0.05, 0) is 26.7 Å². The average molecular weight is 253 g/mol. The molecule has 4 nitrogen and oxygen atoms in total. The van der Waals surface area contributed by atoms with Crippen LogP contribution in [0, 0.1) is 13.8 Å². The van der Waals surface area contributed by atoms with Gasteiger partial charge in [-0.3, -0.25) is 4.79 Å². The topological polar surface area (TPSA) is 54.0 Å². The fraction of sp³-hybridized carbons (Fsp3) is 0.667. The van der Waals surface area contributed by atoms with Crippen LogP contribution in [0.1, 0.15) is 36.3 Å². The van der Waals surface area contributed by atoms with Crippen molar-refractivity contribution >= 4 is 22.4 Å². The zero-order valence-electron chi connectivity index (χ0n) is 10.4. The Balaban J connectivity index is 1.76. The molecule has 5 heteroatoms. The highest BCUT2D eigenvalue weighted by Gasteiger charge is 2.15. The lowest BCUT2D eigenvalue weighted by Crippen LogP contribution is -2.34. The van der Waals surface area contributed by atoms with Crippen molar-refractivity contribution in [1.29, 1.82) is 0 Å². The first-order valence-electron chi connectivity index (χ1n) is 6.12. The smallest absolute Gasteiger partial charge is 0.240 e. The van der Waals surface area contributed by atoms with Crippen LogP contribution in [0.2, 0.25) is 0 Å². The highest BCUT2D eigenvalue weighted by Crippen LogP contribution is 2.21. The second-order valence-electron chi connectivity index (χ2n) is 4.57. The van der Waals surface area contributed by atoms with Crippen molar-refractivity contribution in [2.45, 2.75) is 45.6 Å². The van der Waals surface area contributed by atoms with Crippen LogP contribution >= 0.6 is 11.3 Å². The molecule has 2 N–H and O–H groups in total. The van der Waals surface area contributed by atoms with E-state index < -0.39 is 0 Å². The maximum absolute atomic E-state index is 11.7. The van der Waals surface area contributed by atoms with Gasteiger partial charge in [0.2, 0.25) is 5.91 Å². The highest BCUT2D eigenvalue weighted by atomic mass is 32.1. The molecule has 1 aliphatic rings. The summed E-state index contributed by atoms with van der Waals surface area (Å²) in [6.07, 6.45) is 4.96. The fourth-order valence-electron chi connectivity index (χ4n) is 2.06. The summed E-state index contributed by atoms with van der Waals surface area (Å²) in [7, 11) is 0. The first-order chi connectivity index (χ1) is 8.15. The fourth-order valence-corrected chi connectivity index (χ4v) is 2.89. The number of nitrogens with one attached hydrogen (secondary N) is 2. The number of carbonyl (C=O) groups excluding carboxylic acids is 1. The van der Waals surface area contributed by atoms with Crippen molar-refractivity contribution in [1.82, 2.24) is 10.3 Å². The van der Waals surface area contributed by atoms with Crippen molar-refractivity contribution in [3.05, 3.63) is 10.6 Å². The molecule has 0 saturated heterocycles. The Labute approximate surface area is 106 Å². The molecule has 1 aromatic heterocycles. The number of rotatable bonds is 4. The first-order valence-corrected chi connectivity index (χ1v) is 6.94. The molecule has 0 atom stereocenters. The van der Waals surface area contributed by atoms with Crippen LogP contribution in [0.3, 0.4) is 0 Å². The molecular weight excluding hydrogens is 234 g/mol. The van der Waals surface area contributed by atoms with Crippen LogP contribution in [0.4, 0.5) is 5.13 Å². The average Bonchev–Trinajstić information content (AvgIpc) is 2.87. The molecule has 1 amide bonds. The van der Waals surface area contributed by atoms with Gasteiger partial charge in [0, 0.05) is 10.9 Å². The summed E-state index contributed by atoms with van der Waals surface area (Å²) >= 11 is 1.53. The summed E-state index contributed by atoms with van der Waals surface area (Å²) in [6.45, 7) is 4.36. The number of aryl methyl sites for hydroxylation is 2. The van der Waals surface area contributed by atoms with Crippen LogP contribution < -0.4 is 10.6 Å². The van der Waals surface area contributed by atoms with E-state index >= 15 is 0 Å². The summed E-state index contributed by atoms with van der Waals surface area (Å²) in [5.74, 6) is 0.00523. The van der Waals surface area contributed by atoms with Crippen LogP contribution in [0.5, 0.6) is 0 Å². The Morgan fingerprint density at radius 1 is 1.41 bits per heavy atom. The van der Waals surface area contributed by atoms with Gasteiger partial charge in [0.15, 0.2) is 5.13 Å². The first kappa shape index (κ1) is 12.5. The summed E-state index contributed by atoms with van der Waals surface area (Å²) in [5.41, 5.74) is 0.994. The molecule has 1 fully saturated rings. The maximum atomic E-state index is 11.7. The number of aromatic nitrogens is 1. The monoisotopic (exact) mass is 253 g/mol. The lowest BCUT2D eigenvalue weighted by Gasteiger charge is -2.10. The maximum Gasteiger partial charge on any atom is 0.240 e. The third-order valence-electron chi connectivity index (χ3n) is 3.18. The van der Waals surface area contributed by atoms with E-state index in [0.29, 0.717) is 17.7 Å². The number of hydrogen-bond acceptors (Lipinski definition) is 4. The van der Waals surface area contributed by atoms with Crippen molar-refractivity contribution in [2.24, 2.45) is 0 Å². The van der Waals surface area contributed by atoms with Crippen molar-refractivity contribution in [3.8, 4) is 0 Å². The SMILES string of the molecule is Cc1nc(NC(=O)CNC2CCCC2)sc1C. The Hall–Kier alpha value is -0.940. The molecule has 0 aromatic carbocycles. The minimum atomic E-state index is 0.00523. The third kappa shape index (κ3) is 3.51. The zero-order valence-corrected chi connectivity index (χ0v) is 11.2. The largest absolute Gasteiger partial charge is 0.306 e. The predicted octanol–water partition coefficient (Wildman–Crippen LogP) is 2.23. The molecule has 17 heavy (non-hydrogen) atoms. The second kappa shape index (κ2) is 5.60. The Morgan fingerprint density at radius 2 is 2.12 bits per heavy atom. The molecule has 2 rings (SSSR count). The van der Waals surface area contributed by atoms with E-state index in [9.17, 15) is 4.79 Å². The van der Waals surface area contributed by atoms with Gasteiger partial charge in [0.1, 0.15) is 0 Å². The van der Waals surface area contributed by atoms with Gasteiger partial charge in [-0.2, -0.15) is 0 Å². The van der Waals surface area contributed by atoms with E-state index in [1.165, 1.54) is 37.0 Å². The van der Waals surface area contributed by atoms with Gasteiger partial charge in [0.05, 0.1) is 12.2 Å². The third-order valence-corrected chi connectivity index (χ3v) is 4.17. The van der Waals surface area contributed by atoms with Crippen LogP contribution in [-0.2, 0) is 4.79 Å². The number of nitrogens with zero attached hydrogens (tertiary/aromatic N) is 1. The summed E-state index contributed by atoms with van der Waals surface area (Å²) in [6, 6.07) is 0.528. The van der Waals surface area contributed by atoms with E-state index in [2.05, 4.69) is 15.6 Å². The summed E-state index contributed by atoms with van der Waals surface area (Å²) in [4.78, 5) is 17.1. The molecule has 94 valence electrons. The summed E-state index contributed by atoms with van der Waals surface area (Å²) in [5, 5.41) is 6.83. The molecule has 0 bridgehead atoms. The molecule has 0 radical (unpaired) electrons. The van der Waals surface area contributed by atoms with Crippen LogP contribution in [0.25, 0.3) is 0 Å². The molecule has 0 spiro atoms. The zero-order chi connectivity index (χ0) is 12.3. The van der Waals surface area contributed by atoms with Gasteiger partial charge in [-0.15, -0.1) is 11.3 Å². The van der Waals surface area contributed by atoms with Crippen LogP contribution in [-0.4, -0.2) is 23.5 Å². The number of amides is 1. The lowest BCUT2D eigenvalue weighted by atomic mass is 10.2. The molecule has 1 aromatic rings. The van der Waals surface area contributed by atoms with Gasteiger partial charge >= 0.3 is 0 Å². The number of thiazole rings is 1. The molecule has 0 aliphatic heterocycles. The Kier molecular flexibility index (Phi) is 4.12. The molecule has 1 saturated carbocycles. The van der Waals surface area contributed by atoms with Crippen molar-refractivity contribution < 1.29 is 4.79 Å². The van der Waals surface area contributed by atoms with Gasteiger partial charge < -0.3 is 10.6 Å². The predicted molar refractivity (Wildman–Crippen MR) is 70.5 cm³/mol. The highest BCUT2D eigenvalue weighted by molar-refractivity contribution is 7.15. The normalized spacial score (nSPS) is 16.4. The van der Waals surface area contributed by atoms with Gasteiger partial charge in [0.25, 0.3) is 0 Å². The van der Waals surface area contributed by atoms with E-state index in [1.807, 2.05) is 13.8 Å². The van der Waals surface area contributed by atoms with E-state index in [4.69, 9.17) is 0 Å². The molecule has 1 aliphatic carbocycles. The Morgan fingerprint density at radius 3 is 2.71 bits per heavy atom. The van der Waals surface area contributed by atoms with E-state index in [0.717, 1.165) is 10.6 Å². The Bertz CT molecular complexity index is 377. The molecule has 0 unspecified atom stereocenters. The van der Waals surface area contributed by atoms with Crippen LogP contribution in [0.15, 0.2) is 0 Å². The van der Waals surface area contributed by atoms with Gasteiger partial charge in [-0.1, -0.05) is 12.8 Å². The van der Waals surface area contributed by atoms with E-state index in [-0.39, 0.29) is 5.91 Å².